The van der Waals surface area contributed by atoms with E-state index in [0.29, 0.717) is 0 Å². The van der Waals surface area contributed by atoms with Crippen LogP contribution in [0.4, 0.5) is 0 Å². The lowest BCUT2D eigenvalue weighted by Crippen LogP contribution is -2.09. The summed E-state index contributed by atoms with van der Waals surface area (Å²) < 4.78 is 10.3. The van der Waals surface area contributed by atoms with E-state index >= 15 is 0 Å². The monoisotopic (exact) mass is 402 g/mol. The molecule has 2 aromatic carbocycles. The first-order valence-corrected chi connectivity index (χ1v) is 11.4. The Labute approximate surface area is 170 Å². The molecule has 1 heterocycles. The van der Waals surface area contributed by atoms with Crippen molar-refractivity contribution in [2.24, 2.45) is 0 Å². The third-order valence-corrected chi connectivity index (χ3v) is 6.73. The average molecular weight is 403 g/mol. The molecule has 0 radical (unpaired) electrons. The molecule has 0 amide bonds. The van der Waals surface area contributed by atoms with Crippen molar-refractivity contribution >= 4 is 29.5 Å². The molecule has 5 heteroatoms. The minimum atomic E-state index is -0.432. The zero-order valence-electron chi connectivity index (χ0n) is 15.6. The molecule has 1 saturated heterocycles. The van der Waals surface area contributed by atoms with E-state index in [1.54, 1.807) is 0 Å². The Morgan fingerprint density at radius 3 is 2.33 bits per heavy atom. The summed E-state index contributed by atoms with van der Waals surface area (Å²) in [5, 5.41) is 0. The van der Waals surface area contributed by atoms with E-state index in [1.807, 2.05) is 35.7 Å². The normalized spacial score (nSPS) is 18.3. The lowest BCUT2D eigenvalue weighted by Gasteiger charge is -2.07. The summed E-state index contributed by atoms with van der Waals surface area (Å²) in [7, 11) is 1.40. The van der Waals surface area contributed by atoms with Gasteiger partial charge in [0.25, 0.3) is 0 Å². The number of thioether (sulfide) groups is 2. The molecule has 27 heavy (non-hydrogen) atoms. The van der Waals surface area contributed by atoms with Gasteiger partial charge in [-0.2, -0.15) is 0 Å². The van der Waals surface area contributed by atoms with Gasteiger partial charge in [0, 0.05) is 9.79 Å². The number of hydrogen-bond acceptors (Lipinski definition) is 5. The Kier molecular flexibility index (Phi) is 8.11. The third-order valence-electron chi connectivity index (χ3n) is 4.46. The molecular formula is C22H26O3S2. The van der Waals surface area contributed by atoms with E-state index < -0.39 is 6.10 Å². The molecule has 0 aromatic heterocycles. The molecule has 0 N–H and O–H groups in total. The van der Waals surface area contributed by atoms with Crippen molar-refractivity contribution in [2.45, 2.75) is 47.7 Å². The van der Waals surface area contributed by atoms with Crippen LogP contribution in [0.3, 0.4) is 0 Å². The van der Waals surface area contributed by atoms with Crippen LogP contribution in [-0.4, -0.2) is 30.7 Å². The molecule has 2 atom stereocenters. The molecule has 0 saturated carbocycles. The van der Waals surface area contributed by atoms with Gasteiger partial charge in [0.1, 0.15) is 6.10 Å². The highest BCUT2D eigenvalue weighted by atomic mass is 32.2. The van der Waals surface area contributed by atoms with Crippen LogP contribution >= 0.6 is 23.5 Å². The molecule has 0 aliphatic carbocycles. The Morgan fingerprint density at radius 2 is 1.59 bits per heavy atom. The summed E-state index contributed by atoms with van der Waals surface area (Å²) in [4.78, 5) is 14.2. The van der Waals surface area contributed by atoms with Crippen molar-refractivity contribution in [1.82, 2.24) is 0 Å². The minimum Gasteiger partial charge on any atom is -0.467 e. The number of benzene rings is 2. The smallest absolute Gasteiger partial charge is 0.338 e. The second-order valence-corrected chi connectivity index (χ2v) is 8.77. The van der Waals surface area contributed by atoms with Gasteiger partial charge in [-0.15, -0.1) is 23.5 Å². The van der Waals surface area contributed by atoms with Crippen LogP contribution in [0.25, 0.3) is 0 Å². The Morgan fingerprint density at radius 1 is 0.926 bits per heavy atom. The summed E-state index contributed by atoms with van der Waals surface area (Å²) in [5.74, 6) is 2.00. The molecule has 2 unspecified atom stereocenters. The van der Waals surface area contributed by atoms with E-state index in [2.05, 4.69) is 42.5 Å². The van der Waals surface area contributed by atoms with Gasteiger partial charge in [-0.05, 0) is 48.1 Å². The van der Waals surface area contributed by atoms with Gasteiger partial charge in [0.15, 0.2) is 6.10 Å². The molecule has 0 spiro atoms. The molecule has 0 bridgehead atoms. The van der Waals surface area contributed by atoms with Crippen LogP contribution < -0.4 is 0 Å². The Hall–Kier alpha value is -1.43. The maximum Gasteiger partial charge on any atom is 0.338 e. The van der Waals surface area contributed by atoms with E-state index in [-0.39, 0.29) is 12.1 Å². The van der Waals surface area contributed by atoms with Gasteiger partial charge in [0.2, 0.25) is 0 Å². The quantitative estimate of drug-likeness (QED) is 0.207. The van der Waals surface area contributed by atoms with Crippen molar-refractivity contribution in [3.05, 3.63) is 60.2 Å². The van der Waals surface area contributed by atoms with E-state index in [9.17, 15) is 4.79 Å². The lowest BCUT2D eigenvalue weighted by molar-refractivity contribution is -0.142. The fraction of sp³-hybridized carbons (Fsp3) is 0.409. The predicted molar refractivity (Wildman–Crippen MR) is 112 cm³/mol. The van der Waals surface area contributed by atoms with Gasteiger partial charge in [-0.25, -0.2) is 4.79 Å². The third kappa shape index (κ3) is 6.30. The van der Waals surface area contributed by atoms with Crippen molar-refractivity contribution < 1.29 is 14.3 Å². The topological polar surface area (TPSA) is 38.8 Å². The zero-order chi connectivity index (χ0) is 18.9. The number of ether oxygens (including phenoxy) is 2. The number of epoxide rings is 1. The largest absolute Gasteiger partial charge is 0.467 e. The summed E-state index contributed by atoms with van der Waals surface area (Å²) in [6, 6.07) is 18.8. The molecule has 3 nitrogen and oxygen atoms in total. The van der Waals surface area contributed by atoms with Crippen molar-refractivity contribution in [1.29, 1.82) is 0 Å². The number of carbonyl (C=O) groups is 1. The summed E-state index contributed by atoms with van der Waals surface area (Å²) >= 11 is 3.80. The lowest BCUT2D eigenvalue weighted by atomic mass is 10.1. The van der Waals surface area contributed by atoms with Crippen LogP contribution in [0, 0.1) is 0 Å². The first kappa shape index (κ1) is 20.3. The Balaban J connectivity index is 1.31. The molecule has 3 rings (SSSR count). The standard InChI is InChI=1S/C22H26O3S2/c1-24-22(23)21-20(25-21)18-13-7-8-14-19(18)27-16-10-3-2-9-15-26-17-11-5-4-6-12-17/h4-8,11-14,20-21H,2-3,9-10,15-16H2,1H3. The second-order valence-electron chi connectivity index (χ2n) is 6.46. The molecule has 1 fully saturated rings. The minimum absolute atomic E-state index is 0.142. The highest BCUT2D eigenvalue weighted by Crippen LogP contribution is 2.43. The summed E-state index contributed by atoms with van der Waals surface area (Å²) in [6.07, 6.45) is 4.43. The van der Waals surface area contributed by atoms with Crippen molar-refractivity contribution in [3.8, 4) is 0 Å². The number of unbranched alkanes of at least 4 members (excludes halogenated alkanes) is 3. The molecule has 1 aliphatic heterocycles. The van der Waals surface area contributed by atoms with E-state index in [1.165, 1.54) is 48.3 Å². The zero-order valence-corrected chi connectivity index (χ0v) is 17.3. The molecular weight excluding hydrogens is 376 g/mol. The average Bonchev–Trinajstić information content (AvgIpc) is 3.51. The maximum absolute atomic E-state index is 11.6. The van der Waals surface area contributed by atoms with E-state index in [0.717, 1.165) is 11.3 Å². The van der Waals surface area contributed by atoms with Crippen LogP contribution in [0.2, 0.25) is 0 Å². The van der Waals surface area contributed by atoms with Crippen LogP contribution in [0.5, 0.6) is 0 Å². The molecule has 1 aliphatic rings. The first-order valence-electron chi connectivity index (χ1n) is 9.42. The van der Waals surface area contributed by atoms with Crippen molar-refractivity contribution in [2.75, 3.05) is 18.6 Å². The van der Waals surface area contributed by atoms with Gasteiger partial charge in [-0.1, -0.05) is 49.2 Å². The predicted octanol–water partition coefficient (Wildman–Crippen LogP) is 5.74. The van der Waals surface area contributed by atoms with Crippen LogP contribution in [-0.2, 0) is 14.3 Å². The van der Waals surface area contributed by atoms with Gasteiger partial charge in [0.05, 0.1) is 7.11 Å². The van der Waals surface area contributed by atoms with Crippen LogP contribution in [0.15, 0.2) is 64.4 Å². The van der Waals surface area contributed by atoms with Gasteiger partial charge < -0.3 is 9.47 Å². The second kappa shape index (κ2) is 10.8. The number of methoxy groups -OCH3 is 1. The van der Waals surface area contributed by atoms with E-state index in [4.69, 9.17) is 9.47 Å². The highest BCUT2D eigenvalue weighted by Gasteiger charge is 2.48. The Bertz CT molecular complexity index is 721. The fourth-order valence-corrected chi connectivity index (χ4v) is 4.97. The van der Waals surface area contributed by atoms with Crippen LogP contribution in [0.1, 0.15) is 37.4 Å². The van der Waals surface area contributed by atoms with Crippen molar-refractivity contribution in [3.63, 3.8) is 0 Å². The number of hydrogen-bond donors (Lipinski definition) is 0. The summed E-state index contributed by atoms with van der Waals surface area (Å²) in [5.41, 5.74) is 1.11. The number of rotatable bonds is 11. The SMILES string of the molecule is COC(=O)C1OC1c1ccccc1SCCCCCCSc1ccccc1. The molecule has 2 aromatic rings. The fourth-order valence-electron chi connectivity index (χ4n) is 2.94. The highest BCUT2D eigenvalue weighted by molar-refractivity contribution is 7.99. The maximum atomic E-state index is 11.6. The molecule has 144 valence electrons. The van der Waals surface area contributed by atoms with Gasteiger partial charge in [-0.3, -0.25) is 0 Å². The summed E-state index contributed by atoms with van der Waals surface area (Å²) in [6.45, 7) is 0. The number of carbonyl (C=O) groups excluding carboxylic acids is 1. The first-order chi connectivity index (χ1) is 13.3. The number of esters is 1. The van der Waals surface area contributed by atoms with Gasteiger partial charge >= 0.3 is 5.97 Å².